The number of hydrogen-bond donors (Lipinski definition) is 0. The average molecular weight is 230 g/mol. The minimum atomic E-state index is -1.77. The van der Waals surface area contributed by atoms with E-state index in [1.807, 2.05) is 7.11 Å². The van der Waals surface area contributed by atoms with Crippen LogP contribution in [-0.2, 0) is 8.85 Å². The minimum absolute atomic E-state index is 0.0355. The molecule has 0 amide bonds. The van der Waals surface area contributed by atoms with Crippen LogP contribution in [0.2, 0.25) is 19.1 Å². The van der Waals surface area contributed by atoms with Crippen molar-refractivity contribution in [2.45, 2.75) is 45.0 Å². The molecule has 0 aliphatic carbocycles. The lowest BCUT2D eigenvalue weighted by Crippen LogP contribution is -2.67. The largest absolute Gasteiger partial charge is 0.416 e. The molecular formula is C10H22O2Si2. The molecule has 0 aromatic rings. The summed E-state index contributed by atoms with van der Waals surface area (Å²) in [6.07, 6.45) is 1.09. The molecule has 0 N–H and O–H groups in total. The lowest BCUT2D eigenvalue weighted by Gasteiger charge is -2.49. The molecule has 1 fully saturated rings. The van der Waals surface area contributed by atoms with Crippen molar-refractivity contribution < 1.29 is 8.85 Å². The van der Waals surface area contributed by atoms with Crippen LogP contribution >= 0.6 is 0 Å². The van der Waals surface area contributed by atoms with Crippen LogP contribution < -0.4 is 0 Å². The van der Waals surface area contributed by atoms with Gasteiger partial charge in [0.1, 0.15) is 0 Å². The molecular weight excluding hydrogens is 208 g/mol. The molecule has 14 heavy (non-hydrogen) atoms. The highest BCUT2D eigenvalue weighted by Gasteiger charge is 2.56. The highest BCUT2D eigenvalue weighted by Crippen LogP contribution is 2.39. The average Bonchev–Trinajstić information content (AvgIpc) is 2.03. The summed E-state index contributed by atoms with van der Waals surface area (Å²) in [7, 11) is -1.65. The van der Waals surface area contributed by atoms with Crippen molar-refractivity contribution in [3.8, 4) is 0 Å². The summed E-state index contributed by atoms with van der Waals surface area (Å²) in [5.74, 6) is 0. The van der Waals surface area contributed by atoms with Crippen molar-refractivity contribution in [2.24, 2.45) is 0 Å². The quantitative estimate of drug-likeness (QED) is 0.679. The Hall–Kier alpha value is 0.0938. The Morgan fingerprint density at radius 2 is 2.00 bits per heavy atom. The van der Waals surface area contributed by atoms with E-state index in [-0.39, 0.29) is 5.60 Å². The van der Waals surface area contributed by atoms with Gasteiger partial charge in [-0.2, -0.15) is 0 Å². The third-order valence-corrected chi connectivity index (χ3v) is 17.2. The molecule has 0 spiro atoms. The van der Waals surface area contributed by atoms with E-state index in [1.165, 1.54) is 6.04 Å². The second kappa shape index (κ2) is 3.59. The van der Waals surface area contributed by atoms with E-state index in [4.69, 9.17) is 8.85 Å². The topological polar surface area (TPSA) is 18.5 Å². The Bertz CT molecular complexity index is 238. The van der Waals surface area contributed by atoms with Gasteiger partial charge in [0.2, 0.25) is 15.7 Å². The molecule has 1 saturated heterocycles. The molecule has 1 aliphatic rings. The van der Waals surface area contributed by atoms with Crippen molar-refractivity contribution in [1.29, 1.82) is 0 Å². The van der Waals surface area contributed by atoms with E-state index >= 15 is 0 Å². The van der Waals surface area contributed by atoms with E-state index < -0.39 is 15.7 Å². The molecule has 2 nitrogen and oxygen atoms in total. The molecule has 1 unspecified atom stereocenters. The van der Waals surface area contributed by atoms with Crippen molar-refractivity contribution in [3.05, 3.63) is 12.3 Å². The van der Waals surface area contributed by atoms with Gasteiger partial charge in [-0.3, -0.25) is 0 Å². The van der Waals surface area contributed by atoms with Crippen LogP contribution in [0.4, 0.5) is 0 Å². The van der Waals surface area contributed by atoms with Crippen LogP contribution in [0.1, 0.15) is 20.3 Å². The van der Waals surface area contributed by atoms with E-state index in [1.54, 1.807) is 0 Å². The van der Waals surface area contributed by atoms with Crippen molar-refractivity contribution in [1.82, 2.24) is 0 Å². The van der Waals surface area contributed by atoms with Crippen LogP contribution in [0.15, 0.2) is 12.3 Å². The zero-order valence-electron chi connectivity index (χ0n) is 10.0. The lowest BCUT2D eigenvalue weighted by molar-refractivity contribution is 0.0881. The van der Waals surface area contributed by atoms with Crippen LogP contribution in [0.3, 0.4) is 0 Å². The third-order valence-electron chi connectivity index (χ3n) is 3.34. The van der Waals surface area contributed by atoms with Gasteiger partial charge in [-0.1, -0.05) is 5.70 Å². The summed E-state index contributed by atoms with van der Waals surface area (Å²) in [6, 6.07) is 1.17. The van der Waals surface area contributed by atoms with Gasteiger partial charge in [0, 0.05) is 7.11 Å². The summed E-state index contributed by atoms with van der Waals surface area (Å²) in [5, 5.41) is 0. The molecule has 0 aromatic carbocycles. The first-order valence-electron chi connectivity index (χ1n) is 5.17. The van der Waals surface area contributed by atoms with E-state index in [0.717, 1.165) is 6.42 Å². The first-order chi connectivity index (χ1) is 6.29. The molecule has 1 heterocycles. The van der Waals surface area contributed by atoms with E-state index in [2.05, 4.69) is 39.2 Å². The number of hydrogen-bond acceptors (Lipinski definition) is 2. The van der Waals surface area contributed by atoms with Gasteiger partial charge in [0.15, 0.2) is 0 Å². The molecule has 1 rings (SSSR count). The van der Waals surface area contributed by atoms with Gasteiger partial charge in [-0.15, -0.1) is 6.58 Å². The monoisotopic (exact) mass is 230 g/mol. The Morgan fingerprint density at radius 1 is 1.43 bits per heavy atom. The van der Waals surface area contributed by atoms with Crippen molar-refractivity contribution >= 4 is 15.7 Å². The highest BCUT2D eigenvalue weighted by molar-refractivity contribution is 7.38. The predicted octanol–water partition coefficient (Wildman–Crippen LogP) is 2.79. The maximum absolute atomic E-state index is 6.26. The smallest absolute Gasteiger partial charge is 0.233 e. The van der Waals surface area contributed by atoms with Crippen LogP contribution in [0, 0.1) is 0 Å². The third kappa shape index (κ3) is 1.89. The molecule has 1 atom stereocenters. The lowest BCUT2D eigenvalue weighted by atomic mass is 10.1. The van der Waals surface area contributed by atoms with Gasteiger partial charge in [0.25, 0.3) is 0 Å². The fourth-order valence-corrected chi connectivity index (χ4v) is 13.7. The highest BCUT2D eigenvalue weighted by atomic mass is 29.3. The normalized spacial score (nSPS) is 35.2. The minimum Gasteiger partial charge on any atom is -0.416 e. The molecule has 82 valence electrons. The van der Waals surface area contributed by atoms with Crippen molar-refractivity contribution in [2.75, 3.05) is 7.11 Å². The second-order valence-corrected chi connectivity index (χ2v) is 17.6. The fraction of sp³-hybridized carbons (Fsp3) is 0.800. The summed E-state index contributed by atoms with van der Waals surface area (Å²) in [6.45, 7) is 12.9. The summed E-state index contributed by atoms with van der Waals surface area (Å²) < 4.78 is 12.1. The first-order valence-corrected chi connectivity index (χ1v) is 11.3. The maximum atomic E-state index is 6.26. The molecule has 0 radical (unpaired) electrons. The SMILES string of the molecule is C=C[Si]1(OC)CCC(C)(C)O[Si]1(C)C. The second-order valence-electron chi connectivity index (χ2n) is 5.17. The van der Waals surface area contributed by atoms with Gasteiger partial charge in [0.05, 0.1) is 5.60 Å². The van der Waals surface area contributed by atoms with E-state index in [9.17, 15) is 0 Å². The molecule has 1 aliphatic heterocycles. The van der Waals surface area contributed by atoms with Gasteiger partial charge in [-0.25, -0.2) is 0 Å². The summed E-state index contributed by atoms with van der Waals surface area (Å²) >= 11 is 0. The Kier molecular flexibility index (Phi) is 3.12. The summed E-state index contributed by atoms with van der Waals surface area (Å²) in [4.78, 5) is 0. The Labute approximate surface area is 89.4 Å². The molecule has 0 saturated carbocycles. The summed E-state index contributed by atoms with van der Waals surface area (Å²) in [5.41, 5.74) is 2.11. The fourth-order valence-electron chi connectivity index (χ4n) is 2.39. The molecule has 0 bridgehead atoms. The Balaban J connectivity index is 2.97. The van der Waals surface area contributed by atoms with Crippen LogP contribution in [0.25, 0.3) is 0 Å². The van der Waals surface area contributed by atoms with Crippen molar-refractivity contribution in [3.63, 3.8) is 0 Å². The Morgan fingerprint density at radius 3 is 2.36 bits per heavy atom. The zero-order chi connectivity index (χ0) is 11.0. The van der Waals surface area contributed by atoms with Gasteiger partial charge in [-0.05, 0) is 39.4 Å². The standard InChI is InChI=1S/C10H22O2Si2/c1-7-14(11-4)9-8-10(2,3)12-13(14,5)6/h7H,1,8-9H2,2-6H3. The number of rotatable bonds is 2. The van der Waals surface area contributed by atoms with Gasteiger partial charge >= 0.3 is 0 Å². The zero-order valence-corrected chi connectivity index (χ0v) is 12.0. The molecule has 0 aromatic heterocycles. The van der Waals surface area contributed by atoms with Crippen LogP contribution in [0.5, 0.6) is 0 Å². The molecule has 4 heteroatoms. The predicted molar refractivity (Wildman–Crippen MR) is 65.0 cm³/mol. The van der Waals surface area contributed by atoms with E-state index in [0.29, 0.717) is 0 Å². The van der Waals surface area contributed by atoms with Gasteiger partial charge < -0.3 is 8.85 Å². The van der Waals surface area contributed by atoms with Crippen LogP contribution in [-0.4, -0.2) is 28.4 Å². The first kappa shape index (κ1) is 12.2. The maximum Gasteiger partial charge on any atom is 0.233 e.